The van der Waals surface area contributed by atoms with Gasteiger partial charge in [0.2, 0.25) is 0 Å². The maximum absolute atomic E-state index is 13.5. The molecule has 1 aromatic carbocycles. The summed E-state index contributed by atoms with van der Waals surface area (Å²) >= 11 is 5.37. The van der Waals surface area contributed by atoms with Gasteiger partial charge in [-0.05, 0) is 18.6 Å². The smallest absolute Gasteiger partial charge is 0.326 e. The van der Waals surface area contributed by atoms with E-state index in [1.54, 1.807) is 0 Å². The number of nitrogens with one attached hydrogen (secondary N) is 1. The van der Waals surface area contributed by atoms with Crippen LogP contribution in [0, 0.1) is 11.6 Å². The molecule has 1 amide bonds. The second kappa shape index (κ2) is 7.19. The lowest BCUT2D eigenvalue weighted by molar-refractivity contribution is -0.139. The average molecular weight is 306 g/mol. The number of aliphatic carboxylic acids is 1. The Morgan fingerprint density at radius 1 is 1.35 bits per heavy atom. The van der Waals surface area contributed by atoms with Gasteiger partial charge in [-0.3, -0.25) is 4.79 Å². The van der Waals surface area contributed by atoms with Gasteiger partial charge in [0.1, 0.15) is 17.7 Å². The molecule has 0 radical (unpaired) electrons. The number of hydrogen-bond acceptors (Lipinski definition) is 2. The van der Waals surface area contributed by atoms with E-state index in [-0.39, 0.29) is 6.42 Å². The number of carboxylic acid groups (broad SMARTS) is 1. The molecule has 0 aliphatic rings. The second-order valence-corrected chi connectivity index (χ2v) is 4.66. The Bertz CT molecular complexity index is 523. The SMILES string of the molecule is CCCCC(NC(=O)c1cc(F)c(Cl)cc1F)C(=O)O. The van der Waals surface area contributed by atoms with Crippen LogP contribution in [0.4, 0.5) is 8.78 Å². The minimum atomic E-state index is -1.22. The zero-order valence-corrected chi connectivity index (χ0v) is 11.5. The molecule has 1 rings (SSSR count). The lowest BCUT2D eigenvalue weighted by Crippen LogP contribution is -2.41. The molecule has 110 valence electrons. The first-order valence-electron chi connectivity index (χ1n) is 6.05. The summed E-state index contributed by atoms with van der Waals surface area (Å²) in [6.07, 6.45) is 1.56. The number of carbonyl (C=O) groups is 2. The van der Waals surface area contributed by atoms with Crippen molar-refractivity contribution in [2.24, 2.45) is 0 Å². The van der Waals surface area contributed by atoms with E-state index in [1.165, 1.54) is 0 Å². The minimum absolute atomic E-state index is 0.218. The highest BCUT2D eigenvalue weighted by molar-refractivity contribution is 6.30. The van der Waals surface area contributed by atoms with Crippen molar-refractivity contribution >= 4 is 23.5 Å². The Balaban J connectivity index is 2.89. The number of unbranched alkanes of at least 4 members (excludes halogenated alkanes) is 1. The van der Waals surface area contributed by atoms with Gasteiger partial charge in [-0.2, -0.15) is 0 Å². The van der Waals surface area contributed by atoms with Crippen molar-refractivity contribution in [3.05, 3.63) is 34.4 Å². The predicted molar refractivity (Wildman–Crippen MR) is 69.8 cm³/mol. The molecule has 20 heavy (non-hydrogen) atoms. The normalized spacial score (nSPS) is 12.0. The van der Waals surface area contributed by atoms with E-state index in [9.17, 15) is 18.4 Å². The molecule has 7 heteroatoms. The molecule has 0 bridgehead atoms. The van der Waals surface area contributed by atoms with Gasteiger partial charge in [-0.1, -0.05) is 31.4 Å². The van der Waals surface area contributed by atoms with Gasteiger partial charge in [0.05, 0.1) is 10.6 Å². The van der Waals surface area contributed by atoms with Crippen LogP contribution in [0.25, 0.3) is 0 Å². The van der Waals surface area contributed by atoms with Crippen LogP contribution >= 0.6 is 11.6 Å². The predicted octanol–water partition coefficient (Wildman–Crippen LogP) is 2.99. The third-order valence-corrected chi connectivity index (χ3v) is 2.99. The van der Waals surface area contributed by atoms with Crippen molar-refractivity contribution in [2.45, 2.75) is 32.2 Å². The molecule has 0 aliphatic heterocycles. The van der Waals surface area contributed by atoms with E-state index in [2.05, 4.69) is 5.32 Å². The molecule has 0 saturated carbocycles. The summed E-state index contributed by atoms with van der Waals surface area (Å²) in [7, 11) is 0. The van der Waals surface area contributed by atoms with Crippen molar-refractivity contribution < 1.29 is 23.5 Å². The first-order chi connectivity index (χ1) is 9.36. The fraction of sp³-hybridized carbons (Fsp3) is 0.385. The van der Waals surface area contributed by atoms with Gasteiger partial charge in [0.25, 0.3) is 5.91 Å². The Morgan fingerprint density at radius 2 is 2.00 bits per heavy atom. The summed E-state index contributed by atoms with van der Waals surface area (Å²) in [5.74, 6) is -4.16. The van der Waals surface area contributed by atoms with Crippen LogP contribution in [0.5, 0.6) is 0 Å². The number of carboxylic acids is 1. The molecular formula is C13H14ClF2NO3. The molecular weight excluding hydrogens is 292 g/mol. The zero-order chi connectivity index (χ0) is 15.3. The fourth-order valence-corrected chi connectivity index (χ4v) is 1.75. The lowest BCUT2D eigenvalue weighted by atomic mass is 10.1. The third kappa shape index (κ3) is 4.16. The standard InChI is InChI=1S/C13H14ClF2NO3/c1-2-3-4-11(13(19)20)17-12(18)7-5-10(16)8(14)6-9(7)15/h5-6,11H,2-4H2,1H3,(H,17,18)(H,19,20). The molecule has 0 fully saturated rings. The van der Waals surface area contributed by atoms with Crippen molar-refractivity contribution in [2.75, 3.05) is 0 Å². The van der Waals surface area contributed by atoms with Gasteiger partial charge < -0.3 is 10.4 Å². The Hall–Kier alpha value is -1.69. The maximum atomic E-state index is 13.5. The van der Waals surface area contributed by atoms with Crippen LogP contribution in [0.1, 0.15) is 36.5 Å². The molecule has 0 aliphatic carbocycles. The van der Waals surface area contributed by atoms with E-state index in [1.807, 2.05) is 6.92 Å². The fourth-order valence-electron chi connectivity index (χ4n) is 1.60. The Morgan fingerprint density at radius 3 is 2.55 bits per heavy atom. The summed E-state index contributed by atoms with van der Waals surface area (Å²) in [6.45, 7) is 1.87. The second-order valence-electron chi connectivity index (χ2n) is 4.25. The van der Waals surface area contributed by atoms with Gasteiger partial charge in [0, 0.05) is 0 Å². The highest BCUT2D eigenvalue weighted by Gasteiger charge is 2.22. The number of rotatable bonds is 6. The van der Waals surface area contributed by atoms with Crippen LogP contribution < -0.4 is 5.32 Å². The van der Waals surface area contributed by atoms with Crippen molar-refractivity contribution in [3.63, 3.8) is 0 Å². The van der Waals surface area contributed by atoms with Gasteiger partial charge in [0.15, 0.2) is 0 Å². The van der Waals surface area contributed by atoms with Crippen LogP contribution in [-0.2, 0) is 4.79 Å². The quantitative estimate of drug-likeness (QED) is 0.794. The Labute approximate surface area is 119 Å². The molecule has 4 nitrogen and oxygen atoms in total. The first-order valence-corrected chi connectivity index (χ1v) is 6.42. The third-order valence-electron chi connectivity index (χ3n) is 2.70. The molecule has 1 atom stereocenters. The lowest BCUT2D eigenvalue weighted by Gasteiger charge is -2.14. The number of benzene rings is 1. The molecule has 1 aromatic rings. The summed E-state index contributed by atoms with van der Waals surface area (Å²) in [4.78, 5) is 22.8. The van der Waals surface area contributed by atoms with Gasteiger partial charge in [-0.15, -0.1) is 0 Å². The van der Waals surface area contributed by atoms with Crippen LogP contribution in [0.15, 0.2) is 12.1 Å². The highest BCUT2D eigenvalue weighted by atomic mass is 35.5. The highest BCUT2D eigenvalue weighted by Crippen LogP contribution is 2.19. The van der Waals surface area contributed by atoms with E-state index in [4.69, 9.17) is 16.7 Å². The topological polar surface area (TPSA) is 66.4 Å². The largest absolute Gasteiger partial charge is 0.480 e. The summed E-state index contributed by atoms with van der Waals surface area (Å²) in [5.41, 5.74) is -0.574. The number of amides is 1. The van der Waals surface area contributed by atoms with Crippen LogP contribution in [-0.4, -0.2) is 23.0 Å². The monoisotopic (exact) mass is 305 g/mol. The van der Waals surface area contributed by atoms with Crippen molar-refractivity contribution in [1.82, 2.24) is 5.32 Å². The first kappa shape index (κ1) is 16.4. The van der Waals surface area contributed by atoms with E-state index >= 15 is 0 Å². The molecule has 2 N–H and O–H groups in total. The van der Waals surface area contributed by atoms with Gasteiger partial charge >= 0.3 is 5.97 Å². The average Bonchev–Trinajstić information content (AvgIpc) is 2.38. The molecule has 0 heterocycles. The van der Waals surface area contributed by atoms with Crippen molar-refractivity contribution in [3.8, 4) is 0 Å². The van der Waals surface area contributed by atoms with Gasteiger partial charge in [-0.25, -0.2) is 13.6 Å². The number of hydrogen-bond donors (Lipinski definition) is 2. The summed E-state index contributed by atoms with van der Waals surface area (Å²) < 4.78 is 26.7. The summed E-state index contributed by atoms with van der Waals surface area (Å²) in [6, 6.07) is 0.180. The number of carbonyl (C=O) groups excluding carboxylic acids is 1. The van der Waals surface area contributed by atoms with E-state index in [0.717, 1.165) is 6.42 Å². The summed E-state index contributed by atoms with van der Waals surface area (Å²) in [5, 5.41) is 10.7. The van der Waals surface area contributed by atoms with Crippen molar-refractivity contribution in [1.29, 1.82) is 0 Å². The maximum Gasteiger partial charge on any atom is 0.326 e. The molecule has 0 saturated heterocycles. The molecule has 0 spiro atoms. The van der Waals surface area contributed by atoms with E-state index < -0.39 is 40.1 Å². The van der Waals surface area contributed by atoms with Crippen LogP contribution in [0.2, 0.25) is 5.02 Å². The molecule has 1 unspecified atom stereocenters. The van der Waals surface area contributed by atoms with E-state index in [0.29, 0.717) is 18.6 Å². The Kier molecular flexibility index (Phi) is 5.88. The number of halogens is 3. The zero-order valence-electron chi connectivity index (χ0n) is 10.8. The van der Waals surface area contributed by atoms with Crippen LogP contribution in [0.3, 0.4) is 0 Å². The minimum Gasteiger partial charge on any atom is -0.480 e. The molecule has 0 aromatic heterocycles.